The van der Waals surface area contributed by atoms with Crippen LogP contribution in [0.25, 0.3) is 0 Å². The molecular formula is C11H15N5S2. The van der Waals surface area contributed by atoms with E-state index in [0.717, 1.165) is 5.75 Å². The number of thioether (sulfide) groups is 2. The number of aliphatic imine (C=N–C) groups is 1. The maximum Gasteiger partial charge on any atom is 0.190 e. The SMILES string of the molecule is CCSc1nc(/N=C\N(C)C)c(C#N)c(SC)n1. The fourth-order valence-electron chi connectivity index (χ4n) is 1.11. The Hall–Kier alpha value is -1.26. The van der Waals surface area contributed by atoms with Crippen LogP contribution in [0.4, 0.5) is 5.82 Å². The average Bonchev–Trinajstić information content (AvgIpc) is 2.35. The lowest BCUT2D eigenvalue weighted by Gasteiger charge is -2.07. The predicted molar refractivity (Wildman–Crippen MR) is 76.8 cm³/mol. The minimum absolute atomic E-state index is 0.432. The smallest absolute Gasteiger partial charge is 0.190 e. The Bertz CT molecular complexity index is 479. The minimum atomic E-state index is 0.432. The van der Waals surface area contributed by atoms with Crippen LogP contribution in [0.3, 0.4) is 0 Å². The summed E-state index contributed by atoms with van der Waals surface area (Å²) >= 11 is 2.97. The normalized spacial score (nSPS) is 10.6. The third kappa shape index (κ3) is 3.89. The quantitative estimate of drug-likeness (QED) is 0.271. The Kier molecular flexibility index (Phi) is 5.95. The lowest BCUT2D eigenvalue weighted by molar-refractivity contribution is 0.642. The third-order valence-electron chi connectivity index (χ3n) is 1.83. The van der Waals surface area contributed by atoms with Crippen molar-refractivity contribution in [1.29, 1.82) is 5.26 Å². The summed E-state index contributed by atoms with van der Waals surface area (Å²) in [7, 11) is 3.74. The molecule has 0 aliphatic rings. The molecule has 0 unspecified atom stereocenters. The minimum Gasteiger partial charge on any atom is -0.369 e. The highest BCUT2D eigenvalue weighted by molar-refractivity contribution is 7.99. The highest BCUT2D eigenvalue weighted by Gasteiger charge is 2.13. The molecule has 1 aromatic rings. The van der Waals surface area contributed by atoms with Crippen molar-refractivity contribution < 1.29 is 0 Å². The van der Waals surface area contributed by atoms with Crippen molar-refractivity contribution in [3.8, 4) is 6.07 Å². The van der Waals surface area contributed by atoms with Gasteiger partial charge in [-0.1, -0.05) is 18.7 Å². The molecule has 18 heavy (non-hydrogen) atoms. The van der Waals surface area contributed by atoms with Gasteiger partial charge in [0, 0.05) is 14.1 Å². The van der Waals surface area contributed by atoms with Gasteiger partial charge in [-0.25, -0.2) is 15.0 Å². The Morgan fingerprint density at radius 3 is 2.67 bits per heavy atom. The lowest BCUT2D eigenvalue weighted by atomic mass is 10.3. The van der Waals surface area contributed by atoms with Gasteiger partial charge in [-0.15, -0.1) is 11.8 Å². The average molecular weight is 281 g/mol. The first kappa shape index (κ1) is 14.8. The lowest BCUT2D eigenvalue weighted by Crippen LogP contribution is -2.07. The van der Waals surface area contributed by atoms with Gasteiger partial charge >= 0.3 is 0 Å². The van der Waals surface area contributed by atoms with E-state index < -0.39 is 0 Å². The van der Waals surface area contributed by atoms with Crippen LogP contribution in [0.1, 0.15) is 12.5 Å². The molecule has 0 saturated heterocycles. The number of hydrogen-bond acceptors (Lipinski definition) is 6. The summed E-state index contributed by atoms with van der Waals surface area (Å²) < 4.78 is 0. The van der Waals surface area contributed by atoms with Crippen molar-refractivity contribution in [2.75, 3.05) is 26.1 Å². The van der Waals surface area contributed by atoms with Gasteiger partial charge < -0.3 is 4.90 Å². The van der Waals surface area contributed by atoms with Crippen LogP contribution >= 0.6 is 23.5 Å². The largest absolute Gasteiger partial charge is 0.369 e. The second-order valence-electron chi connectivity index (χ2n) is 3.47. The van der Waals surface area contributed by atoms with Gasteiger partial charge in [0.1, 0.15) is 16.7 Å². The summed E-state index contributed by atoms with van der Waals surface area (Å²) in [5.41, 5.74) is 0.432. The molecule has 0 amide bonds. The third-order valence-corrected chi connectivity index (χ3v) is 3.24. The summed E-state index contributed by atoms with van der Waals surface area (Å²) in [5, 5.41) is 10.5. The zero-order valence-electron chi connectivity index (χ0n) is 10.8. The van der Waals surface area contributed by atoms with Crippen LogP contribution in [0.5, 0.6) is 0 Å². The van der Waals surface area contributed by atoms with E-state index in [1.807, 2.05) is 27.3 Å². The highest BCUT2D eigenvalue weighted by atomic mass is 32.2. The molecule has 0 N–H and O–H groups in total. The topological polar surface area (TPSA) is 65.2 Å². The molecule has 0 atom stereocenters. The maximum absolute atomic E-state index is 9.18. The highest BCUT2D eigenvalue weighted by Crippen LogP contribution is 2.28. The van der Waals surface area contributed by atoms with Crippen LogP contribution in [-0.2, 0) is 0 Å². The van der Waals surface area contributed by atoms with Crippen LogP contribution in [0.15, 0.2) is 15.2 Å². The second kappa shape index (κ2) is 7.24. The Balaban J connectivity index is 3.27. The van der Waals surface area contributed by atoms with Crippen LogP contribution in [-0.4, -0.2) is 47.3 Å². The standard InChI is InChI=1S/C11H15N5S2/c1-5-18-11-14-9(13-7-16(2)3)8(6-12)10(15-11)17-4/h7H,5H2,1-4H3/b13-7-. The van der Waals surface area contributed by atoms with Gasteiger partial charge in [-0.2, -0.15) is 5.26 Å². The van der Waals surface area contributed by atoms with E-state index in [2.05, 4.69) is 21.0 Å². The van der Waals surface area contributed by atoms with E-state index in [-0.39, 0.29) is 0 Å². The second-order valence-corrected chi connectivity index (χ2v) is 5.49. The van der Waals surface area contributed by atoms with Gasteiger partial charge in [-0.3, -0.25) is 0 Å². The molecule has 0 aliphatic carbocycles. The molecule has 1 rings (SSSR count). The molecule has 0 aromatic carbocycles. The van der Waals surface area contributed by atoms with Gasteiger partial charge in [-0.05, 0) is 12.0 Å². The molecule has 5 nitrogen and oxygen atoms in total. The molecule has 0 aliphatic heterocycles. The monoisotopic (exact) mass is 281 g/mol. The van der Waals surface area contributed by atoms with Crippen molar-refractivity contribution in [1.82, 2.24) is 14.9 Å². The molecule has 1 aromatic heterocycles. The van der Waals surface area contributed by atoms with E-state index in [4.69, 9.17) is 0 Å². The zero-order chi connectivity index (χ0) is 13.5. The van der Waals surface area contributed by atoms with Crippen molar-refractivity contribution in [2.45, 2.75) is 17.1 Å². The van der Waals surface area contributed by atoms with Crippen LogP contribution < -0.4 is 0 Å². The number of aromatic nitrogens is 2. The van der Waals surface area contributed by atoms with E-state index in [1.54, 1.807) is 11.2 Å². The van der Waals surface area contributed by atoms with E-state index in [9.17, 15) is 5.26 Å². The molecule has 0 fully saturated rings. The number of nitriles is 1. The Morgan fingerprint density at radius 1 is 1.44 bits per heavy atom. The summed E-state index contributed by atoms with van der Waals surface area (Å²) in [5.74, 6) is 1.32. The van der Waals surface area contributed by atoms with E-state index >= 15 is 0 Å². The van der Waals surface area contributed by atoms with Crippen molar-refractivity contribution in [2.24, 2.45) is 4.99 Å². The molecule has 0 spiro atoms. The van der Waals surface area contributed by atoms with E-state index in [0.29, 0.717) is 21.6 Å². The molecular weight excluding hydrogens is 266 g/mol. The summed E-state index contributed by atoms with van der Waals surface area (Å²) in [6.45, 7) is 2.04. The van der Waals surface area contributed by atoms with Gasteiger partial charge in [0.15, 0.2) is 11.0 Å². The first-order chi connectivity index (χ1) is 8.62. The molecule has 0 bridgehead atoms. The first-order valence-electron chi connectivity index (χ1n) is 5.31. The van der Waals surface area contributed by atoms with Crippen LogP contribution in [0, 0.1) is 11.3 Å². The number of rotatable bonds is 5. The number of nitrogens with zero attached hydrogens (tertiary/aromatic N) is 5. The summed E-state index contributed by atoms with van der Waals surface area (Å²) in [4.78, 5) is 14.7. The molecule has 96 valence electrons. The molecule has 7 heteroatoms. The Labute approximate surface area is 116 Å². The number of hydrogen-bond donors (Lipinski definition) is 0. The van der Waals surface area contributed by atoms with Crippen molar-refractivity contribution in [3.63, 3.8) is 0 Å². The Morgan fingerprint density at radius 2 is 2.17 bits per heavy atom. The van der Waals surface area contributed by atoms with Crippen molar-refractivity contribution in [3.05, 3.63) is 5.56 Å². The fraction of sp³-hybridized carbons (Fsp3) is 0.455. The predicted octanol–water partition coefficient (Wildman–Crippen LogP) is 2.40. The van der Waals surface area contributed by atoms with E-state index in [1.165, 1.54) is 23.5 Å². The van der Waals surface area contributed by atoms with Crippen molar-refractivity contribution >= 4 is 35.7 Å². The van der Waals surface area contributed by atoms with Gasteiger partial charge in [0.25, 0.3) is 0 Å². The zero-order valence-corrected chi connectivity index (χ0v) is 12.5. The summed E-state index contributed by atoms with van der Waals surface area (Å²) in [6, 6.07) is 2.12. The first-order valence-corrected chi connectivity index (χ1v) is 7.53. The molecule has 0 saturated carbocycles. The maximum atomic E-state index is 9.18. The van der Waals surface area contributed by atoms with Gasteiger partial charge in [0.05, 0.1) is 6.34 Å². The fourth-order valence-corrected chi connectivity index (χ4v) is 2.25. The summed E-state index contributed by atoms with van der Waals surface area (Å²) in [6.07, 6.45) is 3.52. The molecule has 0 radical (unpaired) electrons. The van der Waals surface area contributed by atoms with Gasteiger partial charge in [0.2, 0.25) is 0 Å². The molecule has 1 heterocycles. The van der Waals surface area contributed by atoms with Crippen LogP contribution in [0.2, 0.25) is 0 Å².